The van der Waals surface area contributed by atoms with Gasteiger partial charge in [0.15, 0.2) is 0 Å². The Kier molecular flexibility index (Phi) is 5.45. The van der Waals surface area contributed by atoms with E-state index in [1.807, 2.05) is 29.6 Å². The molecule has 0 unspecified atom stereocenters. The topological polar surface area (TPSA) is 86.3 Å². The first-order chi connectivity index (χ1) is 13.7. The van der Waals surface area contributed by atoms with E-state index in [1.54, 1.807) is 18.5 Å². The molecule has 0 radical (unpaired) electrons. The maximum Gasteiger partial charge on any atom is 0.326 e. The number of rotatable bonds is 4. The van der Waals surface area contributed by atoms with Crippen LogP contribution < -0.4 is 15.5 Å². The molecule has 1 aliphatic heterocycles. The van der Waals surface area contributed by atoms with Crippen molar-refractivity contribution in [3.63, 3.8) is 0 Å². The molecule has 1 fully saturated rings. The zero-order chi connectivity index (χ0) is 19.3. The average Bonchev–Trinajstić information content (AvgIpc) is 3.18. The number of aromatic nitrogens is 3. The highest BCUT2D eigenvalue weighted by Crippen LogP contribution is 2.25. The number of nitrogens with zero attached hydrogens (tertiary/aromatic N) is 5. The number of thiazole rings is 1. The molecule has 0 spiro atoms. The Labute approximate surface area is 167 Å². The van der Waals surface area contributed by atoms with Gasteiger partial charge in [0.25, 0.3) is 0 Å². The number of piperazine rings is 1. The molecule has 4 heterocycles. The summed E-state index contributed by atoms with van der Waals surface area (Å²) in [5, 5.41) is 8.18. The summed E-state index contributed by atoms with van der Waals surface area (Å²) in [7, 11) is 2.12. The van der Waals surface area contributed by atoms with Crippen LogP contribution >= 0.6 is 11.3 Å². The van der Waals surface area contributed by atoms with E-state index in [-0.39, 0.29) is 6.03 Å². The summed E-state index contributed by atoms with van der Waals surface area (Å²) in [6.07, 6.45) is 3.44. The van der Waals surface area contributed by atoms with Crippen LogP contribution in [-0.4, -0.2) is 59.1 Å². The van der Waals surface area contributed by atoms with Gasteiger partial charge >= 0.3 is 6.03 Å². The third kappa shape index (κ3) is 4.44. The molecule has 0 aliphatic carbocycles. The van der Waals surface area contributed by atoms with Crippen molar-refractivity contribution in [1.29, 1.82) is 0 Å². The monoisotopic (exact) mass is 395 g/mol. The van der Waals surface area contributed by atoms with Crippen molar-refractivity contribution in [2.75, 3.05) is 48.8 Å². The summed E-state index contributed by atoms with van der Waals surface area (Å²) < 4.78 is 0. The highest BCUT2D eigenvalue weighted by molar-refractivity contribution is 7.13. The van der Waals surface area contributed by atoms with Crippen LogP contribution in [0.15, 0.2) is 48.1 Å². The third-order valence-electron chi connectivity index (χ3n) is 4.48. The highest BCUT2D eigenvalue weighted by Gasteiger charge is 2.16. The molecule has 1 saturated heterocycles. The average molecular weight is 395 g/mol. The molecule has 0 saturated carbocycles. The van der Waals surface area contributed by atoms with Gasteiger partial charge in [0.1, 0.15) is 22.5 Å². The fraction of sp³-hybridized carbons (Fsp3) is 0.263. The minimum Gasteiger partial charge on any atom is -0.354 e. The second-order valence-electron chi connectivity index (χ2n) is 6.52. The predicted molar refractivity (Wildman–Crippen MR) is 112 cm³/mol. The summed E-state index contributed by atoms with van der Waals surface area (Å²) >= 11 is 1.46. The zero-order valence-corrected chi connectivity index (χ0v) is 16.3. The number of hydrogen-bond acceptors (Lipinski definition) is 7. The zero-order valence-electron chi connectivity index (χ0n) is 15.5. The SMILES string of the molecule is CN1CCN(c2cccc(NC(=O)Nc3csc(-c4ccncc4)n3)n2)CC1. The number of urea groups is 1. The van der Waals surface area contributed by atoms with Crippen molar-refractivity contribution in [1.82, 2.24) is 19.9 Å². The number of anilines is 3. The lowest BCUT2D eigenvalue weighted by atomic mass is 10.3. The van der Waals surface area contributed by atoms with Crippen molar-refractivity contribution < 1.29 is 4.79 Å². The third-order valence-corrected chi connectivity index (χ3v) is 5.37. The van der Waals surface area contributed by atoms with Crippen LogP contribution in [-0.2, 0) is 0 Å². The number of amides is 2. The first kappa shape index (κ1) is 18.3. The van der Waals surface area contributed by atoms with Crippen molar-refractivity contribution in [2.45, 2.75) is 0 Å². The Morgan fingerprint density at radius 1 is 1.00 bits per heavy atom. The minimum absolute atomic E-state index is 0.366. The van der Waals surface area contributed by atoms with Gasteiger partial charge < -0.3 is 9.80 Å². The lowest BCUT2D eigenvalue weighted by Gasteiger charge is -2.33. The Hall–Kier alpha value is -3.04. The molecular formula is C19H21N7OS. The second-order valence-corrected chi connectivity index (χ2v) is 7.38. The van der Waals surface area contributed by atoms with Crippen LogP contribution in [0.2, 0.25) is 0 Å². The summed E-state index contributed by atoms with van der Waals surface area (Å²) in [4.78, 5) is 29.9. The quantitative estimate of drug-likeness (QED) is 0.706. The van der Waals surface area contributed by atoms with E-state index in [4.69, 9.17) is 0 Å². The van der Waals surface area contributed by atoms with Crippen molar-refractivity contribution >= 4 is 34.8 Å². The Morgan fingerprint density at radius 2 is 1.75 bits per heavy atom. The second kappa shape index (κ2) is 8.32. The van der Waals surface area contributed by atoms with E-state index in [0.29, 0.717) is 11.6 Å². The lowest BCUT2D eigenvalue weighted by molar-refractivity contribution is 0.262. The molecule has 8 nitrogen and oxygen atoms in total. The fourth-order valence-corrected chi connectivity index (χ4v) is 3.68. The standard InChI is InChI=1S/C19H21N7OS/c1-25-9-11-26(12-10-25)17-4-2-3-15(21-17)23-19(27)24-16-13-28-18(22-16)14-5-7-20-8-6-14/h2-8,13H,9-12H2,1H3,(H2,21,23,24,27). The Bertz CT molecular complexity index is 938. The van der Waals surface area contributed by atoms with E-state index in [2.05, 4.69) is 42.4 Å². The summed E-state index contributed by atoms with van der Waals surface area (Å²) in [5.41, 5.74) is 0.968. The summed E-state index contributed by atoms with van der Waals surface area (Å²) in [5.74, 6) is 1.89. The maximum absolute atomic E-state index is 12.3. The van der Waals surface area contributed by atoms with Crippen molar-refractivity contribution in [3.8, 4) is 10.6 Å². The highest BCUT2D eigenvalue weighted by atomic mass is 32.1. The molecular weight excluding hydrogens is 374 g/mol. The van der Waals surface area contributed by atoms with Gasteiger partial charge in [-0.05, 0) is 31.3 Å². The van der Waals surface area contributed by atoms with Crippen LogP contribution in [0.25, 0.3) is 10.6 Å². The van der Waals surface area contributed by atoms with E-state index in [9.17, 15) is 4.79 Å². The van der Waals surface area contributed by atoms with Gasteiger partial charge in [0.2, 0.25) is 0 Å². The van der Waals surface area contributed by atoms with Gasteiger partial charge in [0, 0.05) is 49.5 Å². The van der Waals surface area contributed by atoms with E-state index in [0.717, 1.165) is 42.6 Å². The number of likely N-dealkylation sites (N-methyl/N-ethyl adjacent to an activating group) is 1. The molecule has 2 amide bonds. The molecule has 3 aromatic rings. The molecule has 4 rings (SSSR count). The molecule has 3 aromatic heterocycles. The van der Waals surface area contributed by atoms with Crippen LogP contribution in [0.5, 0.6) is 0 Å². The first-order valence-corrected chi connectivity index (χ1v) is 9.90. The van der Waals surface area contributed by atoms with Crippen molar-refractivity contribution in [3.05, 3.63) is 48.1 Å². The lowest BCUT2D eigenvalue weighted by Crippen LogP contribution is -2.44. The predicted octanol–water partition coefficient (Wildman–Crippen LogP) is 3.00. The normalized spacial score (nSPS) is 14.7. The van der Waals surface area contributed by atoms with Crippen LogP contribution in [0, 0.1) is 0 Å². The fourth-order valence-electron chi connectivity index (χ4n) is 2.93. The number of carbonyl (C=O) groups excluding carboxylic acids is 1. The summed E-state index contributed by atoms with van der Waals surface area (Å²) in [6, 6.07) is 9.06. The van der Waals surface area contributed by atoms with Crippen LogP contribution in [0.1, 0.15) is 0 Å². The van der Waals surface area contributed by atoms with E-state index in [1.165, 1.54) is 11.3 Å². The minimum atomic E-state index is -0.366. The molecule has 144 valence electrons. The van der Waals surface area contributed by atoms with Gasteiger partial charge in [-0.1, -0.05) is 6.07 Å². The van der Waals surface area contributed by atoms with Gasteiger partial charge in [-0.3, -0.25) is 15.6 Å². The molecule has 2 N–H and O–H groups in total. The Morgan fingerprint density at radius 3 is 2.54 bits per heavy atom. The van der Waals surface area contributed by atoms with Crippen LogP contribution in [0.3, 0.4) is 0 Å². The molecule has 28 heavy (non-hydrogen) atoms. The van der Waals surface area contributed by atoms with Gasteiger partial charge in [0.05, 0.1) is 0 Å². The van der Waals surface area contributed by atoms with E-state index >= 15 is 0 Å². The Balaban J connectivity index is 1.38. The van der Waals surface area contributed by atoms with Gasteiger partial charge in [-0.25, -0.2) is 14.8 Å². The van der Waals surface area contributed by atoms with Gasteiger partial charge in [-0.15, -0.1) is 11.3 Å². The van der Waals surface area contributed by atoms with Gasteiger partial charge in [-0.2, -0.15) is 0 Å². The maximum atomic E-state index is 12.3. The molecule has 0 bridgehead atoms. The first-order valence-electron chi connectivity index (χ1n) is 9.02. The van der Waals surface area contributed by atoms with Crippen molar-refractivity contribution in [2.24, 2.45) is 0 Å². The summed E-state index contributed by atoms with van der Waals surface area (Å²) in [6.45, 7) is 3.86. The number of pyridine rings is 2. The molecule has 0 atom stereocenters. The largest absolute Gasteiger partial charge is 0.354 e. The molecule has 9 heteroatoms. The smallest absolute Gasteiger partial charge is 0.326 e. The molecule has 0 aromatic carbocycles. The number of nitrogens with one attached hydrogen (secondary N) is 2. The van der Waals surface area contributed by atoms with Crippen LogP contribution in [0.4, 0.5) is 22.2 Å². The number of hydrogen-bond donors (Lipinski definition) is 2. The van der Waals surface area contributed by atoms with E-state index < -0.39 is 0 Å². The number of carbonyl (C=O) groups is 1. The molecule has 1 aliphatic rings.